The van der Waals surface area contributed by atoms with Gasteiger partial charge in [0.2, 0.25) is 0 Å². The van der Waals surface area contributed by atoms with Gasteiger partial charge in [-0.2, -0.15) is 12.6 Å². The lowest BCUT2D eigenvalue weighted by atomic mass is 9.96. The van der Waals surface area contributed by atoms with Crippen LogP contribution in [0.15, 0.2) is 0 Å². The molecule has 0 radical (unpaired) electrons. The minimum atomic E-state index is -0.769. The Bertz CT molecular complexity index is 327. The number of imide groups is 2. The fourth-order valence-corrected chi connectivity index (χ4v) is 1.33. The van der Waals surface area contributed by atoms with E-state index in [1.165, 1.54) is 7.05 Å². The van der Waals surface area contributed by atoms with Gasteiger partial charge >= 0.3 is 17.8 Å². The predicted octanol–water partition coefficient (Wildman–Crippen LogP) is 0.363. The van der Waals surface area contributed by atoms with E-state index in [2.05, 4.69) is 12.6 Å². The van der Waals surface area contributed by atoms with Crippen molar-refractivity contribution in [3.05, 3.63) is 0 Å². The van der Waals surface area contributed by atoms with E-state index in [0.717, 1.165) is 9.80 Å². The molecule has 0 spiro atoms. The van der Waals surface area contributed by atoms with Crippen molar-refractivity contribution in [3.8, 4) is 0 Å². The molecule has 0 saturated carbocycles. The van der Waals surface area contributed by atoms with Crippen LogP contribution in [0.5, 0.6) is 0 Å². The molecular weight excluding hydrogens is 216 g/mol. The lowest BCUT2D eigenvalue weighted by Gasteiger charge is -2.26. The topological polar surface area (TPSA) is 57.7 Å². The molecule has 6 heteroatoms. The Hall–Kier alpha value is -1.04. The third-order valence-electron chi connectivity index (χ3n) is 2.26. The molecule has 15 heavy (non-hydrogen) atoms. The molecule has 0 aromatic carbocycles. The summed E-state index contributed by atoms with van der Waals surface area (Å²) in [5, 5.41) is 0. The maximum Gasteiger partial charge on any atom is 0.333 e. The number of hydrogen-bond donors (Lipinski definition) is 1. The van der Waals surface area contributed by atoms with Crippen molar-refractivity contribution in [3.63, 3.8) is 0 Å². The molecule has 0 N–H and O–H groups in total. The number of hydrogen-bond acceptors (Lipinski definition) is 4. The van der Waals surface area contributed by atoms with Crippen LogP contribution in [0.25, 0.3) is 0 Å². The summed E-state index contributed by atoms with van der Waals surface area (Å²) >= 11 is 4.13. The maximum atomic E-state index is 11.5. The van der Waals surface area contributed by atoms with Crippen LogP contribution < -0.4 is 0 Å². The highest BCUT2D eigenvalue weighted by molar-refractivity contribution is 7.80. The number of urea groups is 1. The smallest absolute Gasteiger partial charge is 0.263 e. The van der Waals surface area contributed by atoms with Crippen LogP contribution in [0.2, 0.25) is 0 Å². The van der Waals surface area contributed by atoms with Gasteiger partial charge in [-0.05, 0) is 11.2 Å². The van der Waals surface area contributed by atoms with Crippen molar-refractivity contribution in [2.24, 2.45) is 5.41 Å². The summed E-state index contributed by atoms with van der Waals surface area (Å²) in [6.07, 6.45) is 0. The van der Waals surface area contributed by atoms with Gasteiger partial charge in [-0.1, -0.05) is 13.8 Å². The van der Waals surface area contributed by atoms with E-state index in [1.54, 1.807) is 0 Å². The Morgan fingerprint density at radius 1 is 1.20 bits per heavy atom. The zero-order chi connectivity index (χ0) is 11.8. The van der Waals surface area contributed by atoms with E-state index < -0.39 is 17.8 Å². The summed E-state index contributed by atoms with van der Waals surface area (Å²) in [6, 6.07) is -0.556. The van der Waals surface area contributed by atoms with Gasteiger partial charge in [0, 0.05) is 13.6 Å². The van der Waals surface area contributed by atoms with Crippen molar-refractivity contribution < 1.29 is 14.4 Å². The maximum absolute atomic E-state index is 11.5. The Balaban J connectivity index is 2.85. The van der Waals surface area contributed by atoms with Crippen LogP contribution in [0.1, 0.15) is 13.8 Å². The summed E-state index contributed by atoms with van der Waals surface area (Å²) in [5.41, 5.74) is -0.292. The van der Waals surface area contributed by atoms with Gasteiger partial charge < -0.3 is 0 Å². The summed E-state index contributed by atoms with van der Waals surface area (Å²) < 4.78 is 0. The van der Waals surface area contributed by atoms with E-state index in [9.17, 15) is 14.4 Å². The second kappa shape index (κ2) is 3.84. The van der Waals surface area contributed by atoms with E-state index >= 15 is 0 Å². The number of rotatable bonds is 3. The average Bonchev–Trinajstić information content (AvgIpc) is 2.36. The van der Waals surface area contributed by atoms with Gasteiger partial charge in [0.25, 0.3) is 0 Å². The highest BCUT2D eigenvalue weighted by Crippen LogP contribution is 2.21. The molecule has 1 fully saturated rings. The standard InChI is InChI=1S/C9H14N2O3S/c1-9(2,5-15)4-11-7(13)6(12)10(3)8(11)14/h15H,4-5H2,1-3H3. The van der Waals surface area contributed by atoms with Crippen molar-refractivity contribution >= 4 is 30.5 Å². The molecule has 5 nitrogen and oxygen atoms in total. The van der Waals surface area contributed by atoms with Crippen molar-refractivity contribution in [1.82, 2.24) is 9.80 Å². The number of likely N-dealkylation sites (N-methyl/N-ethyl adjacent to an activating group) is 1. The lowest BCUT2D eigenvalue weighted by Crippen LogP contribution is -2.40. The van der Waals surface area contributed by atoms with Crippen molar-refractivity contribution in [1.29, 1.82) is 0 Å². The Kier molecular flexibility index (Phi) is 3.08. The zero-order valence-electron chi connectivity index (χ0n) is 8.98. The van der Waals surface area contributed by atoms with E-state index in [-0.39, 0.29) is 12.0 Å². The monoisotopic (exact) mass is 230 g/mol. The largest absolute Gasteiger partial charge is 0.333 e. The summed E-state index contributed by atoms with van der Waals surface area (Å²) in [5.74, 6) is -0.991. The Morgan fingerprint density at radius 3 is 2.07 bits per heavy atom. The predicted molar refractivity (Wildman–Crippen MR) is 57.5 cm³/mol. The van der Waals surface area contributed by atoms with Gasteiger partial charge in [0.05, 0.1) is 0 Å². The average molecular weight is 230 g/mol. The first kappa shape index (κ1) is 12.0. The quantitative estimate of drug-likeness (QED) is 0.433. The van der Waals surface area contributed by atoms with Crippen LogP contribution >= 0.6 is 12.6 Å². The molecule has 1 saturated heterocycles. The van der Waals surface area contributed by atoms with Gasteiger partial charge in [-0.3, -0.25) is 19.4 Å². The first-order chi connectivity index (χ1) is 6.80. The fraction of sp³-hybridized carbons (Fsp3) is 0.667. The number of nitrogens with zero attached hydrogens (tertiary/aromatic N) is 2. The highest BCUT2D eigenvalue weighted by Gasteiger charge is 2.43. The summed E-state index contributed by atoms with van der Waals surface area (Å²) in [6.45, 7) is 3.97. The third-order valence-corrected chi connectivity index (χ3v) is 3.12. The lowest BCUT2D eigenvalue weighted by molar-refractivity contribution is -0.143. The number of carbonyl (C=O) groups excluding carboxylic acids is 3. The second-order valence-corrected chi connectivity index (χ2v) is 4.68. The fourth-order valence-electron chi connectivity index (χ4n) is 1.23. The van der Waals surface area contributed by atoms with Crippen LogP contribution in [0.3, 0.4) is 0 Å². The first-order valence-corrected chi connectivity index (χ1v) is 5.18. The molecule has 0 aliphatic carbocycles. The molecule has 0 bridgehead atoms. The normalized spacial score (nSPS) is 18.0. The molecule has 0 aromatic rings. The molecule has 1 aliphatic rings. The van der Waals surface area contributed by atoms with Gasteiger partial charge in [0.15, 0.2) is 0 Å². The Morgan fingerprint density at radius 2 is 1.73 bits per heavy atom. The van der Waals surface area contributed by atoms with Crippen molar-refractivity contribution in [2.45, 2.75) is 13.8 Å². The molecule has 1 heterocycles. The molecule has 0 aromatic heterocycles. The molecule has 1 aliphatic heterocycles. The minimum Gasteiger partial charge on any atom is -0.263 e. The minimum absolute atomic E-state index is 0.213. The number of carbonyl (C=O) groups is 3. The van der Waals surface area contributed by atoms with Gasteiger partial charge in [-0.15, -0.1) is 0 Å². The van der Waals surface area contributed by atoms with Crippen LogP contribution in [0.4, 0.5) is 4.79 Å². The molecule has 84 valence electrons. The molecule has 0 atom stereocenters. The first-order valence-electron chi connectivity index (χ1n) is 4.54. The van der Waals surface area contributed by atoms with E-state index in [4.69, 9.17) is 0 Å². The second-order valence-electron chi connectivity index (χ2n) is 4.36. The number of amides is 4. The van der Waals surface area contributed by atoms with E-state index in [0.29, 0.717) is 5.75 Å². The Labute approximate surface area is 93.8 Å². The van der Waals surface area contributed by atoms with Crippen LogP contribution in [-0.2, 0) is 9.59 Å². The number of thiol groups is 1. The third kappa shape index (κ3) is 2.14. The highest BCUT2D eigenvalue weighted by atomic mass is 32.1. The molecular formula is C9H14N2O3S. The molecule has 4 amide bonds. The van der Waals surface area contributed by atoms with Gasteiger partial charge in [0.1, 0.15) is 0 Å². The van der Waals surface area contributed by atoms with Gasteiger partial charge in [-0.25, -0.2) is 4.79 Å². The summed E-state index contributed by atoms with van der Waals surface area (Å²) in [7, 11) is 1.30. The zero-order valence-corrected chi connectivity index (χ0v) is 9.88. The van der Waals surface area contributed by atoms with Crippen molar-refractivity contribution in [2.75, 3.05) is 19.3 Å². The summed E-state index contributed by atoms with van der Waals surface area (Å²) in [4.78, 5) is 35.9. The van der Waals surface area contributed by atoms with Crippen LogP contribution in [-0.4, -0.2) is 47.0 Å². The molecule has 1 rings (SSSR count). The SMILES string of the molecule is CN1C(=O)C(=O)N(CC(C)(C)CS)C1=O. The molecule has 0 unspecified atom stereocenters. The van der Waals surface area contributed by atoms with E-state index in [1.807, 2.05) is 13.8 Å². The van der Waals surface area contributed by atoms with Crippen LogP contribution in [0, 0.1) is 5.41 Å².